The minimum atomic E-state index is 0.787. The molecule has 0 saturated heterocycles. The van der Waals surface area contributed by atoms with E-state index in [4.69, 9.17) is 4.74 Å². The zero-order valence-electron chi connectivity index (χ0n) is 11.1. The van der Waals surface area contributed by atoms with Crippen LogP contribution in [0.4, 0.5) is 0 Å². The summed E-state index contributed by atoms with van der Waals surface area (Å²) in [5, 5.41) is 3.19. The van der Waals surface area contributed by atoms with Crippen LogP contribution in [0.5, 0.6) is 5.75 Å². The molecule has 0 bridgehead atoms. The van der Waals surface area contributed by atoms with E-state index in [9.17, 15) is 0 Å². The van der Waals surface area contributed by atoms with Crippen LogP contribution in [0.15, 0.2) is 29.8 Å². The van der Waals surface area contributed by atoms with Gasteiger partial charge in [-0.25, -0.2) is 0 Å². The van der Waals surface area contributed by atoms with Crippen molar-refractivity contribution < 1.29 is 4.74 Å². The Morgan fingerprint density at radius 2 is 1.94 bits per heavy atom. The highest BCUT2D eigenvalue weighted by Gasteiger charge is 1.96. The molecule has 1 aromatic rings. The third-order valence-electron chi connectivity index (χ3n) is 2.58. The van der Waals surface area contributed by atoms with E-state index in [1.165, 1.54) is 11.1 Å². The van der Waals surface area contributed by atoms with E-state index in [0.717, 1.165) is 31.7 Å². The third kappa shape index (κ3) is 5.05. The van der Waals surface area contributed by atoms with Gasteiger partial charge < -0.3 is 10.1 Å². The van der Waals surface area contributed by atoms with Crippen LogP contribution in [0.3, 0.4) is 0 Å². The summed E-state index contributed by atoms with van der Waals surface area (Å²) in [5.74, 6) is 0.954. The largest absolute Gasteiger partial charge is 0.494 e. The van der Waals surface area contributed by atoms with Gasteiger partial charge in [0.25, 0.3) is 0 Å². The maximum Gasteiger partial charge on any atom is 0.119 e. The summed E-state index contributed by atoms with van der Waals surface area (Å²) in [6.07, 6.45) is 4.36. The standard InChI is InChI=1S/C15H23NO/c1-4-10-17-15-8-6-14(7-9-15)11-13(5-2)12-16-3/h6-9,11,16H,4-5,10,12H2,1-3H3. The van der Waals surface area contributed by atoms with Crippen LogP contribution in [0, 0.1) is 0 Å². The van der Waals surface area contributed by atoms with Crippen LogP contribution in [-0.2, 0) is 0 Å². The number of nitrogens with one attached hydrogen (secondary N) is 1. The van der Waals surface area contributed by atoms with Gasteiger partial charge in [-0.1, -0.05) is 37.6 Å². The number of ether oxygens (including phenoxy) is 1. The molecule has 2 nitrogen and oxygen atoms in total. The van der Waals surface area contributed by atoms with Crippen LogP contribution >= 0.6 is 0 Å². The minimum Gasteiger partial charge on any atom is -0.494 e. The van der Waals surface area contributed by atoms with Gasteiger partial charge in [-0.3, -0.25) is 0 Å². The van der Waals surface area contributed by atoms with Crippen molar-refractivity contribution in [2.75, 3.05) is 20.2 Å². The van der Waals surface area contributed by atoms with Crippen LogP contribution in [0.2, 0.25) is 0 Å². The molecule has 1 N–H and O–H groups in total. The van der Waals surface area contributed by atoms with Gasteiger partial charge in [0, 0.05) is 6.54 Å². The Hall–Kier alpha value is -1.28. The Labute approximate surface area is 105 Å². The first-order valence-corrected chi connectivity index (χ1v) is 6.37. The number of rotatable bonds is 7. The second kappa shape index (κ2) is 7.91. The van der Waals surface area contributed by atoms with Gasteiger partial charge >= 0.3 is 0 Å². The van der Waals surface area contributed by atoms with E-state index in [0.29, 0.717) is 0 Å². The molecular formula is C15H23NO. The molecule has 0 amide bonds. The molecule has 0 saturated carbocycles. The molecule has 0 atom stereocenters. The summed E-state index contributed by atoms with van der Waals surface area (Å²) < 4.78 is 5.56. The van der Waals surface area contributed by atoms with Gasteiger partial charge in [0.2, 0.25) is 0 Å². The van der Waals surface area contributed by atoms with Gasteiger partial charge in [-0.15, -0.1) is 0 Å². The van der Waals surface area contributed by atoms with Crippen molar-refractivity contribution in [2.45, 2.75) is 26.7 Å². The Kier molecular flexibility index (Phi) is 6.41. The lowest BCUT2D eigenvalue weighted by Crippen LogP contribution is -2.09. The number of hydrogen-bond donors (Lipinski definition) is 1. The van der Waals surface area contributed by atoms with Crippen molar-refractivity contribution in [3.8, 4) is 5.75 Å². The summed E-state index contributed by atoms with van der Waals surface area (Å²) in [4.78, 5) is 0. The molecule has 94 valence electrons. The zero-order valence-corrected chi connectivity index (χ0v) is 11.1. The first-order chi connectivity index (χ1) is 8.30. The fourth-order valence-corrected chi connectivity index (χ4v) is 1.62. The molecule has 17 heavy (non-hydrogen) atoms. The molecule has 1 aromatic carbocycles. The first-order valence-electron chi connectivity index (χ1n) is 6.37. The summed E-state index contributed by atoms with van der Waals surface area (Å²) in [6, 6.07) is 8.29. The van der Waals surface area contributed by atoms with Gasteiger partial charge in [-0.2, -0.15) is 0 Å². The smallest absolute Gasteiger partial charge is 0.119 e. The van der Waals surface area contributed by atoms with E-state index in [-0.39, 0.29) is 0 Å². The van der Waals surface area contributed by atoms with Crippen molar-refractivity contribution in [1.82, 2.24) is 5.32 Å². The summed E-state index contributed by atoms with van der Waals surface area (Å²) in [5.41, 5.74) is 2.65. The molecule has 1 rings (SSSR count). The number of likely N-dealkylation sites (N-methyl/N-ethyl adjacent to an activating group) is 1. The Bertz CT molecular complexity index is 340. The minimum absolute atomic E-state index is 0.787. The van der Waals surface area contributed by atoms with Gasteiger partial charge in [0.1, 0.15) is 5.75 Å². The molecule has 0 spiro atoms. The van der Waals surface area contributed by atoms with Crippen LogP contribution < -0.4 is 10.1 Å². The lowest BCUT2D eigenvalue weighted by atomic mass is 10.1. The van der Waals surface area contributed by atoms with Crippen molar-refractivity contribution in [3.05, 3.63) is 35.4 Å². The average Bonchev–Trinajstić information content (AvgIpc) is 2.37. The van der Waals surface area contributed by atoms with Crippen LogP contribution in [0.25, 0.3) is 6.08 Å². The number of hydrogen-bond acceptors (Lipinski definition) is 2. The van der Waals surface area contributed by atoms with E-state index in [2.05, 4.69) is 37.4 Å². The summed E-state index contributed by atoms with van der Waals surface area (Å²) >= 11 is 0. The highest BCUT2D eigenvalue weighted by Crippen LogP contribution is 2.15. The maximum atomic E-state index is 5.56. The van der Waals surface area contributed by atoms with Crippen molar-refractivity contribution in [3.63, 3.8) is 0 Å². The molecule has 0 heterocycles. The maximum absolute atomic E-state index is 5.56. The molecule has 0 aromatic heterocycles. The number of benzene rings is 1. The molecule has 0 radical (unpaired) electrons. The Balaban J connectivity index is 2.66. The van der Waals surface area contributed by atoms with Gasteiger partial charge in [0.05, 0.1) is 6.61 Å². The third-order valence-corrected chi connectivity index (χ3v) is 2.58. The molecule has 0 aliphatic heterocycles. The normalized spacial score (nSPS) is 11.6. The van der Waals surface area contributed by atoms with Crippen molar-refractivity contribution >= 4 is 6.08 Å². The lowest BCUT2D eigenvalue weighted by Gasteiger charge is -2.06. The van der Waals surface area contributed by atoms with Crippen molar-refractivity contribution in [1.29, 1.82) is 0 Å². The summed E-state index contributed by atoms with van der Waals surface area (Å²) in [6.45, 7) is 6.03. The highest BCUT2D eigenvalue weighted by atomic mass is 16.5. The molecule has 2 heteroatoms. The lowest BCUT2D eigenvalue weighted by molar-refractivity contribution is 0.317. The molecule has 0 fully saturated rings. The molecule has 0 unspecified atom stereocenters. The fourth-order valence-electron chi connectivity index (χ4n) is 1.62. The van der Waals surface area contributed by atoms with Gasteiger partial charge in [-0.05, 0) is 37.6 Å². The first kappa shape index (κ1) is 13.8. The predicted octanol–water partition coefficient (Wildman–Crippen LogP) is 3.49. The van der Waals surface area contributed by atoms with E-state index >= 15 is 0 Å². The summed E-state index contributed by atoms with van der Waals surface area (Å²) in [7, 11) is 1.98. The van der Waals surface area contributed by atoms with Gasteiger partial charge in [0.15, 0.2) is 0 Å². The Morgan fingerprint density at radius 3 is 2.47 bits per heavy atom. The predicted molar refractivity (Wildman–Crippen MR) is 74.4 cm³/mol. The van der Waals surface area contributed by atoms with E-state index in [1.807, 2.05) is 19.2 Å². The SMILES string of the molecule is CCCOc1ccc(C=C(CC)CNC)cc1. The molecular weight excluding hydrogens is 210 g/mol. The monoisotopic (exact) mass is 233 g/mol. The quantitative estimate of drug-likeness (QED) is 0.778. The topological polar surface area (TPSA) is 21.3 Å². The van der Waals surface area contributed by atoms with Crippen LogP contribution in [0.1, 0.15) is 32.3 Å². The molecule has 0 aliphatic carbocycles. The Morgan fingerprint density at radius 1 is 1.24 bits per heavy atom. The molecule has 0 aliphatic rings. The highest BCUT2D eigenvalue weighted by molar-refractivity contribution is 5.54. The fraction of sp³-hybridized carbons (Fsp3) is 0.467. The van der Waals surface area contributed by atoms with Crippen molar-refractivity contribution in [2.24, 2.45) is 0 Å². The average molecular weight is 233 g/mol. The van der Waals surface area contributed by atoms with E-state index in [1.54, 1.807) is 0 Å². The second-order valence-corrected chi connectivity index (χ2v) is 4.10. The second-order valence-electron chi connectivity index (χ2n) is 4.10. The van der Waals surface area contributed by atoms with E-state index < -0.39 is 0 Å². The van der Waals surface area contributed by atoms with Crippen LogP contribution in [-0.4, -0.2) is 20.2 Å². The zero-order chi connectivity index (χ0) is 12.5.